The van der Waals surface area contributed by atoms with Gasteiger partial charge in [0.2, 0.25) is 0 Å². The summed E-state index contributed by atoms with van der Waals surface area (Å²) in [6, 6.07) is 0.657. The van der Waals surface area contributed by atoms with Crippen molar-refractivity contribution in [3.05, 3.63) is 10.6 Å². The largest absolute Gasteiger partial charge is 0.301 e. The monoisotopic (exact) mass is 237 g/mol. The Bertz CT molecular complexity index is 408. The van der Waals surface area contributed by atoms with Gasteiger partial charge >= 0.3 is 0 Å². The molecule has 0 amide bonds. The predicted octanol–water partition coefficient (Wildman–Crippen LogP) is 3.71. The van der Waals surface area contributed by atoms with Crippen LogP contribution >= 0.6 is 12.2 Å². The van der Waals surface area contributed by atoms with Crippen LogP contribution in [0.5, 0.6) is 0 Å². The van der Waals surface area contributed by atoms with Crippen molar-refractivity contribution < 1.29 is 0 Å². The number of nitrogens with zero attached hydrogens (tertiary/aromatic N) is 2. The summed E-state index contributed by atoms with van der Waals surface area (Å²) in [5.41, 5.74) is 0. The highest BCUT2D eigenvalue weighted by Crippen LogP contribution is 2.39. The molecule has 0 bridgehead atoms. The van der Waals surface area contributed by atoms with Crippen molar-refractivity contribution in [2.75, 3.05) is 0 Å². The first kappa shape index (κ1) is 10.5. The van der Waals surface area contributed by atoms with E-state index in [1.807, 2.05) is 0 Å². The van der Waals surface area contributed by atoms with Gasteiger partial charge in [0.1, 0.15) is 5.82 Å². The van der Waals surface area contributed by atoms with Crippen LogP contribution in [0.25, 0.3) is 0 Å². The summed E-state index contributed by atoms with van der Waals surface area (Å²) in [5, 5.41) is 7.48. The fraction of sp³-hybridized carbons (Fsp3) is 0.833. The van der Waals surface area contributed by atoms with E-state index in [4.69, 9.17) is 12.2 Å². The van der Waals surface area contributed by atoms with Crippen LogP contribution in [0, 0.1) is 4.77 Å². The average molecular weight is 237 g/mol. The van der Waals surface area contributed by atoms with Crippen LogP contribution in [0.1, 0.15) is 69.2 Å². The third-order valence-electron chi connectivity index (χ3n) is 3.86. The van der Waals surface area contributed by atoms with Crippen LogP contribution in [-0.4, -0.2) is 14.8 Å². The lowest BCUT2D eigenvalue weighted by Crippen LogP contribution is -2.08. The lowest BCUT2D eigenvalue weighted by Gasteiger charge is -2.14. The molecule has 1 aromatic rings. The van der Waals surface area contributed by atoms with Crippen LogP contribution in [-0.2, 0) is 0 Å². The van der Waals surface area contributed by atoms with Gasteiger partial charge < -0.3 is 4.57 Å². The van der Waals surface area contributed by atoms with Crippen LogP contribution < -0.4 is 0 Å². The summed E-state index contributed by atoms with van der Waals surface area (Å²) in [6.07, 6.45) is 10.7. The highest BCUT2D eigenvalue weighted by atomic mass is 32.1. The molecule has 2 aliphatic rings. The minimum absolute atomic E-state index is 0.649. The van der Waals surface area contributed by atoms with Gasteiger partial charge in [0, 0.05) is 12.0 Å². The van der Waals surface area contributed by atoms with Crippen molar-refractivity contribution in [2.24, 2.45) is 0 Å². The second-order valence-corrected chi connectivity index (χ2v) is 5.56. The third kappa shape index (κ3) is 1.95. The van der Waals surface area contributed by atoms with Gasteiger partial charge in [-0.3, -0.25) is 5.10 Å². The van der Waals surface area contributed by atoms with Gasteiger partial charge in [-0.2, -0.15) is 5.10 Å². The van der Waals surface area contributed by atoms with Crippen molar-refractivity contribution in [3.63, 3.8) is 0 Å². The molecule has 1 aromatic heterocycles. The lowest BCUT2D eigenvalue weighted by molar-refractivity contribution is 0.521. The maximum Gasteiger partial charge on any atom is 0.195 e. The molecule has 3 nitrogen and oxygen atoms in total. The van der Waals surface area contributed by atoms with Crippen molar-refractivity contribution in [2.45, 2.75) is 63.3 Å². The highest BCUT2D eigenvalue weighted by molar-refractivity contribution is 7.71. The fourth-order valence-electron chi connectivity index (χ4n) is 2.83. The zero-order chi connectivity index (χ0) is 11.0. The molecule has 2 fully saturated rings. The summed E-state index contributed by atoms with van der Waals surface area (Å²) in [6.45, 7) is 0. The summed E-state index contributed by atoms with van der Waals surface area (Å²) in [4.78, 5) is 0. The summed E-state index contributed by atoms with van der Waals surface area (Å²) < 4.78 is 3.13. The molecule has 3 rings (SSSR count). The maximum atomic E-state index is 5.34. The van der Waals surface area contributed by atoms with Crippen LogP contribution in [0.15, 0.2) is 0 Å². The number of aromatic amines is 1. The Morgan fingerprint density at radius 1 is 1.06 bits per heavy atom. The van der Waals surface area contributed by atoms with Crippen LogP contribution in [0.2, 0.25) is 0 Å². The maximum absolute atomic E-state index is 5.34. The lowest BCUT2D eigenvalue weighted by atomic mass is 9.99. The topological polar surface area (TPSA) is 33.6 Å². The zero-order valence-electron chi connectivity index (χ0n) is 9.61. The second-order valence-electron chi connectivity index (χ2n) is 5.18. The molecule has 1 N–H and O–H groups in total. The Hall–Kier alpha value is -0.640. The van der Waals surface area contributed by atoms with E-state index in [1.54, 1.807) is 0 Å². The molecule has 0 aromatic carbocycles. The van der Waals surface area contributed by atoms with Gasteiger partial charge in [-0.15, -0.1) is 0 Å². The van der Waals surface area contributed by atoms with Crippen LogP contribution in [0.4, 0.5) is 0 Å². The van der Waals surface area contributed by atoms with E-state index in [9.17, 15) is 0 Å². The number of aromatic nitrogens is 3. The average Bonchev–Trinajstić information content (AvgIpc) is 3.08. The smallest absolute Gasteiger partial charge is 0.195 e. The van der Waals surface area contributed by atoms with Crippen LogP contribution in [0.3, 0.4) is 0 Å². The van der Waals surface area contributed by atoms with Crippen molar-refractivity contribution >= 4 is 12.2 Å². The van der Waals surface area contributed by atoms with E-state index in [-0.39, 0.29) is 0 Å². The first-order valence-corrected chi connectivity index (χ1v) is 6.94. The van der Waals surface area contributed by atoms with Gasteiger partial charge in [0.25, 0.3) is 0 Å². The fourth-order valence-corrected chi connectivity index (χ4v) is 3.12. The highest BCUT2D eigenvalue weighted by Gasteiger charge is 2.30. The predicted molar refractivity (Wildman–Crippen MR) is 66.1 cm³/mol. The number of hydrogen-bond donors (Lipinski definition) is 1. The normalized spacial score (nSPS) is 23.2. The van der Waals surface area contributed by atoms with Crippen molar-refractivity contribution in [3.8, 4) is 0 Å². The van der Waals surface area contributed by atoms with E-state index in [0.717, 1.165) is 4.77 Å². The Morgan fingerprint density at radius 2 is 1.75 bits per heavy atom. The first-order valence-electron chi connectivity index (χ1n) is 6.53. The Balaban J connectivity index is 1.89. The molecule has 2 saturated carbocycles. The minimum Gasteiger partial charge on any atom is -0.301 e. The molecular formula is C12H19N3S. The number of rotatable bonds is 2. The summed E-state index contributed by atoms with van der Waals surface area (Å²) >= 11 is 5.34. The first-order chi connectivity index (χ1) is 7.86. The zero-order valence-corrected chi connectivity index (χ0v) is 10.4. The number of nitrogens with one attached hydrogen (secondary N) is 1. The molecule has 4 heteroatoms. The molecule has 0 unspecified atom stereocenters. The number of hydrogen-bond acceptors (Lipinski definition) is 2. The summed E-state index contributed by atoms with van der Waals surface area (Å²) in [5.74, 6) is 1.89. The summed E-state index contributed by atoms with van der Waals surface area (Å²) in [7, 11) is 0. The quantitative estimate of drug-likeness (QED) is 0.628. The van der Waals surface area contributed by atoms with E-state index in [2.05, 4.69) is 14.8 Å². The van der Waals surface area contributed by atoms with E-state index in [0.29, 0.717) is 12.0 Å². The molecule has 0 radical (unpaired) electrons. The number of H-pyrrole nitrogens is 1. The molecule has 1 heterocycles. The SMILES string of the molecule is S=c1[nH]nc(C2CCCCCC2)n1C1CC1. The molecule has 0 atom stereocenters. The standard InChI is InChI=1S/C12H19N3S/c16-12-14-13-11(15(12)10-7-8-10)9-5-3-1-2-4-6-9/h9-10H,1-8H2,(H,14,16). The Labute approximate surface area is 101 Å². The molecule has 2 aliphatic carbocycles. The van der Waals surface area contributed by atoms with Gasteiger partial charge in [-0.1, -0.05) is 25.7 Å². The Morgan fingerprint density at radius 3 is 2.38 bits per heavy atom. The molecule has 88 valence electrons. The molecule has 16 heavy (non-hydrogen) atoms. The van der Waals surface area contributed by atoms with Crippen molar-refractivity contribution in [1.82, 2.24) is 14.8 Å². The minimum atomic E-state index is 0.649. The van der Waals surface area contributed by atoms with E-state index >= 15 is 0 Å². The van der Waals surface area contributed by atoms with E-state index in [1.165, 1.54) is 57.2 Å². The van der Waals surface area contributed by atoms with Gasteiger partial charge in [-0.05, 0) is 37.9 Å². The molecule has 0 saturated heterocycles. The van der Waals surface area contributed by atoms with E-state index < -0.39 is 0 Å². The third-order valence-corrected chi connectivity index (χ3v) is 4.15. The Kier molecular flexibility index (Phi) is 2.84. The van der Waals surface area contributed by atoms with Crippen molar-refractivity contribution in [1.29, 1.82) is 0 Å². The molecule has 0 aliphatic heterocycles. The second kappa shape index (κ2) is 4.32. The molecular weight excluding hydrogens is 218 g/mol. The van der Waals surface area contributed by atoms with Gasteiger partial charge in [0.15, 0.2) is 4.77 Å². The van der Waals surface area contributed by atoms with Gasteiger partial charge in [-0.25, -0.2) is 0 Å². The van der Waals surface area contributed by atoms with Gasteiger partial charge in [0.05, 0.1) is 0 Å². The molecule has 0 spiro atoms.